The van der Waals surface area contributed by atoms with E-state index in [0.717, 1.165) is 16.0 Å². The van der Waals surface area contributed by atoms with Crippen molar-refractivity contribution in [2.24, 2.45) is 0 Å². The van der Waals surface area contributed by atoms with E-state index in [1.165, 1.54) is 18.3 Å². The Labute approximate surface area is 133 Å². The highest BCUT2D eigenvalue weighted by Crippen LogP contribution is 2.20. The molecular weight excluding hydrogens is 298 g/mol. The van der Waals surface area contributed by atoms with Gasteiger partial charge in [-0.05, 0) is 19.4 Å². The Kier molecular flexibility index (Phi) is 5.27. The van der Waals surface area contributed by atoms with Crippen molar-refractivity contribution in [3.63, 3.8) is 0 Å². The maximum atomic E-state index is 12.2. The Morgan fingerprint density at radius 1 is 1.23 bits per heavy atom. The zero-order valence-electron chi connectivity index (χ0n) is 12.8. The molecule has 0 aliphatic heterocycles. The average molecular weight is 317 g/mol. The van der Waals surface area contributed by atoms with Crippen LogP contribution in [0.3, 0.4) is 0 Å². The molecule has 1 aromatic heterocycles. The number of rotatable bonds is 5. The van der Waals surface area contributed by atoms with E-state index in [2.05, 4.69) is 15.6 Å². The number of thiazole rings is 1. The standard InChI is InChI=1S/C16H19N3O2S/c1-10-4-6-13(7-5-10)14(18-12(3)20)8-15(21)19-16-17-9-11(2)22-16/h4-7,9,14H,8H2,1-3H3,(H,18,20)(H,17,19,21)/t14-/m0/s1. The van der Waals surface area contributed by atoms with Crippen molar-refractivity contribution in [2.45, 2.75) is 33.2 Å². The number of nitrogens with zero attached hydrogens (tertiary/aromatic N) is 1. The van der Waals surface area contributed by atoms with E-state index < -0.39 is 0 Å². The molecule has 0 bridgehead atoms. The topological polar surface area (TPSA) is 71.1 Å². The lowest BCUT2D eigenvalue weighted by molar-refractivity contribution is -0.120. The molecule has 1 aromatic carbocycles. The van der Waals surface area contributed by atoms with Crippen molar-refractivity contribution < 1.29 is 9.59 Å². The number of hydrogen-bond donors (Lipinski definition) is 2. The summed E-state index contributed by atoms with van der Waals surface area (Å²) in [6, 6.07) is 7.44. The summed E-state index contributed by atoms with van der Waals surface area (Å²) in [5.41, 5.74) is 2.04. The first-order chi connectivity index (χ1) is 10.4. The van der Waals surface area contributed by atoms with Gasteiger partial charge < -0.3 is 10.6 Å². The minimum Gasteiger partial charge on any atom is -0.349 e. The number of aryl methyl sites for hydroxylation is 2. The SMILES string of the molecule is CC(=O)N[C@@H](CC(=O)Nc1ncc(C)s1)c1ccc(C)cc1. The highest BCUT2D eigenvalue weighted by molar-refractivity contribution is 7.15. The Bertz CT molecular complexity index is 664. The fourth-order valence-corrected chi connectivity index (χ4v) is 2.75. The summed E-state index contributed by atoms with van der Waals surface area (Å²) < 4.78 is 0. The lowest BCUT2D eigenvalue weighted by Crippen LogP contribution is -2.29. The molecule has 22 heavy (non-hydrogen) atoms. The van der Waals surface area contributed by atoms with E-state index in [1.807, 2.05) is 38.1 Å². The third kappa shape index (κ3) is 4.66. The van der Waals surface area contributed by atoms with Gasteiger partial charge in [0.15, 0.2) is 5.13 Å². The van der Waals surface area contributed by atoms with Gasteiger partial charge in [0.05, 0.1) is 12.5 Å². The lowest BCUT2D eigenvalue weighted by atomic mass is 10.0. The van der Waals surface area contributed by atoms with E-state index in [9.17, 15) is 9.59 Å². The number of benzene rings is 1. The van der Waals surface area contributed by atoms with Crippen molar-refractivity contribution >= 4 is 28.3 Å². The summed E-state index contributed by atoms with van der Waals surface area (Å²) in [4.78, 5) is 28.7. The smallest absolute Gasteiger partial charge is 0.228 e. The molecule has 0 spiro atoms. The summed E-state index contributed by atoms with van der Waals surface area (Å²) >= 11 is 1.42. The molecule has 5 nitrogen and oxygen atoms in total. The Balaban J connectivity index is 2.07. The van der Waals surface area contributed by atoms with Gasteiger partial charge in [-0.1, -0.05) is 29.8 Å². The second-order valence-corrected chi connectivity index (χ2v) is 6.43. The van der Waals surface area contributed by atoms with Gasteiger partial charge in [0.1, 0.15) is 0 Å². The summed E-state index contributed by atoms with van der Waals surface area (Å²) in [5.74, 6) is -0.336. The predicted molar refractivity (Wildman–Crippen MR) is 87.8 cm³/mol. The second-order valence-electron chi connectivity index (χ2n) is 5.19. The molecule has 6 heteroatoms. The van der Waals surface area contributed by atoms with E-state index in [1.54, 1.807) is 6.20 Å². The Morgan fingerprint density at radius 3 is 2.45 bits per heavy atom. The molecule has 0 radical (unpaired) electrons. The molecule has 2 amide bonds. The van der Waals surface area contributed by atoms with Gasteiger partial charge in [-0.25, -0.2) is 4.98 Å². The molecule has 0 aliphatic carbocycles. The van der Waals surface area contributed by atoms with Gasteiger partial charge in [-0.15, -0.1) is 11.3 Å². The zero-order valence-corrected chi connectivity index (χ0v) is 13.7. The van der Waals surface area contributed by atoms with Crippen LogP contribution in [0.25, 0.3) is 0 Å². The summed E-state index contributed by atoms with van der Waals surface area (Å²) in [7, 11) is 0. The van der Waals surface area contributed by atoms with Crippen LogP contribution in [0.15, 0.2) is 30.5 Å². The molecule has 2 rings (SSSR count). The lowest BCUT2D eigenvalue weighted by Gasteiger charge is -2.18. The average Bonchev–Trinajstić information content (AvgIpc) is 2.83. The zero-order chi connectivity index (χ0) is 16.1. The molecule has 2 N–H and O–H groups in total. The fourth-order valence-electron chi connectivity index (χ4n) is 2.06. The number of amides is 2. The first kappa shape index (κ1) is 16.2. The quantitative estimate of drug-likeness (QED) is 0.890. The fraction of sp³-hybridized carbons (Fsp3) is 0.312. The van der Waals surface area contributed by atoms with E-state index in [-0.39, 0.29) is 24.3 Å². The Morgan fingerprint density at radius 2 is 1.91 bits per heavy atom. The van der Waals surface area contributed by atoms with E-state index >= 15 is 0 Å². The van der Waals surface area contributed by atoms with Crippen molar-refractivity contribution in [3.8, 4) is 0 Å². The van der Waals surface area contributed by atoms with Crippen molar-refractivity contribution in [3.05, 3.63) is 46.5 Å². The van der Waals surface area contributed by atoms with Crippen LogP contribution in [0.4, 0.5) is 5.13 Å². The van der Waals surface area contributed by atoms with E-state index in [4.69, 9.17) is 0 Å². The van der Waals surface area contributed by atoms with Gasteiger partial charge in [0.2, 0.25) is 11.8 Å². The summed E-state index contributed by atoms with van der Waals surface area (Å²) in [6.07, 6.45) is 1.88. The molecular formula is C16H19N3O2S. The minimum atomic E-state index is -0.348. The molecule has 1 atom stereocenters. The number of aromatic nitrogens is 1. The van der Waals surface area contributed by atoms with Crippen molar-refractivity contribution in [2.75, 3.05) is 5.32 Å². The Hall–Kier alpha value is -2.21. The first-order valence-electron chi connectivity index (χ1n) is 7.00. The maximum absolute atomic E-state index is 12.2. The summed E-state index contributed by atoms with van der Waals surface area (Å²) in [6.45, 7) is 5.37. The van der Waals surface area contributed by atoms with Gasteiger partial charge in [-0.3, -0.25) is 9.59 Å². The molecule has 116 valence electrons. The van der Waals surface area contributed by atoms with Crippen LogP contribution in [0.1, 0.15) is 35.4 Å². The third-order valence-electron chi connectivity index (χ3n) is 3.11. The molecule has 0 saturated heterocycles. The van der Waals surface area contributed by atoms with Crippen molar-refractivity contribution in [1.29, 1.82) is 0 Å². The molecule has 0 aliphatic rings. The number of hydrogen-bond acceptors (Lipinski definition) is 4. The predicted octanol–water partition coefficient (Wildman–Crippen LogP) is 2.97. The van der Waals surface area contributed by atoms with Crippen LogP contribution in [0.5, 0.6) is 0 Å². The molecule has 0 fully saturated rings. The normalized spacial score (nSPS) is 11.8. The highest BCUT2D eigenvalue weighted by Gasteiger charge is 2.17. The largest absolute Gasteiger partial charge is 0.349 e. The number of carbonyl (C=O) groups excluding carboxylic acids is 2. The second kappa shape index (κ2) is 7.17. The number of nitrogens with one attached hydrogen (secondary N) is 2. The van der Waals surface area contributed by atoms with Gasteiger partial charge >= 0.3 is 0 Å². The van der Waals surface area contributed by atoms with Crippen LogP contribution in [0.2, 0.25) is 0 Å². The molecule has 0 saturated carbocycles. The maximum Gasteiger partial charge on any atom is 0.228 e. The van der Waals surface area contributed by atoms with Gasteiger partial charge in [0.25, 0.3) is 0 Å². The first-order valence-corrected chi connectivity index (χ1v) is 7.81. The monoisotopic (exact) mass is 317 g/mol. The van der Waals surface area contributed by atoms with E-state index in [0.29, 0.717) is 5.13 Å². The summed E-state index contributed by atoms with van der Waals surface area (Å²) in [5, 5.41) is 6.16. The molecule has 0 unspecified atom stereocenters. The van der Waals surface area contributed by atoms with Crippen LogP contribution in [-0.4, -0.2) is 16.8 Å². The van der Waals surface area contributed by atoms with Crippen LogP contribution in [0, 0.1) is 13.8 Å². The van der Waals surface area contributed by atoms with Crippen LogP contribution < -0.4 is 10.6 Å². The highest BCUT2D eigenvalue weighted by atomic mass is 32.1. The van der Waals surface area contributed by atoms with Gasteiger partial charge in [0, 0.05) is 18.0 Å². The minimum absolute atomic E-state index is 0.163. The molecule has 1 heterocycles. The third-order valence-corrected chi connectivity index (χ3v) is 3.94. The number of anilines is 1. The molecule has 2 aromatic rings. The van der Waals surface area contributed by atoms with Crippen LogP contribution >= 0.6 is 11.3 Å². The number of carbonyl (C=O) groups is 2. The van der Waals surface area contributed by atoms with Gasteiger partial charge in [-0.2, -0.15) is 0 Å². The van der Waals surface area contributed by atoms with Crippen molar-refractivity contribution in [1.82, 2.24) is 10.3 Å². The van der Waals surface area contributed by atoms with Crippen LogP contribution in [-0.2, 0) is 9.59 Å².